The van der Waals surface area contributed by atoms with Crippen LogP contribution in [0, 0.1) is 6.92 Å². The largest absolute Gasteiger partial charge is 0.508 e. The second-order valence-corrected chi connectivity index (χ2v) is 4.93. The van der Waals surface area contributed by atoms with Crippen molar-refractivity contribution >= 4 is 11.6 Å². The van der Waals surface area contributed by atoms with Crippen LogP contribution in [-0.4, -0.2) is 17.6 Å². The standard InChI is InChI=1S/C17H20N2O2/c1-3-18-11-13-4-6-14(7-5-13)19-17(21)16-9-8-15(20)10-12(16)2/h4-10,18,20H,3,11H2,1-2H3,(H,19,21). The summed E-state index contributed by atoms with van der Waals surface area (Å²) in [5, 5.41) is 15.5. The first-order chi connectivity index (χ1) is 10.1. The van der Waals surface area contributed by atoms with Gasteiger partial charge in [-0.05, 0) is 54.9 Å². The Morgan fingerprint density at radius 1 is 1.14 bits per heavy atom. The summed E-state index contributed by atoms with van der Waals surface area (Å²) in [7, 11) is 0. The van der Waals surface area contributed by atoms with Gasteiger partial charge in [0.2, 0.25) is 0 Å². The first kappa shape index (κ1) is 15.1. The number of rotatable bonds is 5. The topological polar surface area (TPSA) is 61.4 Å². The van der Waals surface area contributed by atoms with E-state index in [4.69, 9.17) is 0 Å². The van der Waals surface area contributed by atoms with Crippen molar-refractivity contribution in [1.29, 1.82) is 0 Å². The molecule has 0 atom stereocenters. The van der Waals surface area contributed by atoms with Crippen molar-refractivity contribution < 1.29 is 9.90 Å². The Hall–Kier alpha value is -2.33. The predicted octanol–water partition coefficient (Wildman–Crippen LogP) is 3.06. The minimum atomic E-state index is -0.174. The van der Waals surface area contributed by atoms with Gasteiger partial charge in [-0.25, -0.2) is 0 Å². The maximum atomic E-state index is 12.2. The molecule has 0 saturated heterocycles. The van der Waals surface area contributed by atoms with Crippen LogP contribution in [-0.2, 0) is 6.54 Å². The van der Waals surface area contributed by atoms with Crippen LogP contribution in [0.3, 0.4) is 0 Å². The van der Waals surface area contributed by atoms with Crippen LogP contribution in [0.25, 0.3) is 0 Å². The summed E-state index contributed by atoms with van der Waals surface area (Å²) in [6.07, 6.45) is 0. The third kappa shape index (κ3) is 4.07. The van der Waals surface area contributed by atoms with Gasteiger partial charge in [0.15, 0.2) is 0 Å². The highest BCUT2D eigenvalue weighted by molar-refractivity contribution is 6.05. The number of carbonyl (C=O) groups excluding carboxylic acids is 1. The molecule has 0 aliphatic rings. The molecule has 4 heteroatoms. The molecule has 2 rings (SSSR count). The van der Waals surface area contributed by atoms with E-state index in [1.165, 1.54) is 11.6 Å². The Balaban J connectivity index is 2.05. The van der Waals surface area contributed by atoms with E-state index in [0.29, 0.717) is 5.56 Å². The van der Waals surface area contributed by atoms with Crippen molar-refractivity contribution in [3.05, 3.63) is 59.2 Å². The quantitative estimate of drug-likeness (QED) is 0.790. The van der Waals surface area contributed by atoms with Gasteiger partial charge in [-0.2, -0.15) is 0 Å². The number of aromatic hydroxyl groups is 1. The summed E-state index contributed by atoms with van der Waals surface area (Å²) >= 11 is 0. The van der Waals surface area contributed by atoms with E-state index in [1.54, 1.807) is 19.1 Å². The fraction of sp³-hybridized carbons (Fsp3) is 0.235. The Morgan fingerprint density at radius 3 is 2.48 bits per heavy atom. The summed E-state index contributed by atoms with van der Waals surface area (Å²) in [5.74, 6) is -0.0104. The zero-order valence-corrected chi connectivity index (χ0v) is 12.3. The molecule has 0 aliphatic heterocycles. The van der Waals surface area contributed by atoms with Crippen LogP contribution >= 0.6 is 0 Å². The molecule has 4 nitrogen and oxygen atoms in total. The van der Waals surface area contributed by atoms with Crippen LogP contribution in [0.5, 0.6) is 5.75 Å². The number of nitrogens with one attached hydrogen (secondary N) is 2. The number of anilines is 1. The zero-order valence-electron chi connectivity index (χ0n) is 12.3. The van der Waals surface area contributed by atoms with Gasteiger partial charge in [0.05, 0.1) is 0 Å². The number of aryl methyl sites for hydroxylation is 1. The molecular weight excluding hydrogens is 264 g/mol. The highest BCUT2D eigenvalue weighted by Crippen LogP contribution is 2.17. The monoisotopic (exact) mass is 284 g/mol. The summed E-state index contributed by atoms with van der Waals surface area (Å²) in [6.45, 7) is 5.61. The molecule has 2 aromatic carbocycles. The number of carbonyl (C=O) groups is 1. The third-order valence-corrected chi connectivity index (χ3v) is 3.25. The first-order valence-corrected chi connectivity index (χ1v) is 7.00. The van der Waals surface area contributed by atoms with Gasteiger partial charge in [-0.3, -0.25) is 4.79 Å². The average Bonchev–Trinajstić information content (AvgIpc) is 2.46. The summed E-state index contributed by atoms with van der Waals surface area (Å²) in [6, 6.07) is 12.5. The van der Waals surface area contributed by atoms with Crippen molar-refractivity contribution in [3.8, 4) is 5.75 Å². The molecule has 3 N–H and O–H groups in total. The lowest BCUT2D eigenvalue weighted by molar-refractivity contribution is 0.102. The average molecular weight is 284 g/mol. The molecule has 0 aliphatic carbocycles. The van der Waals surface area contributed by atoms with Gasteiger partial charge >= 0.3 is 0 Å². The van der Waals surface area contributed by atoms with E-state index in [9.17, 15) is 9.90 Å². The van der Waals surface area contributed by atoms with Crippen molar-refractivity contribution in [3.63, 3.8) is 0 Å². The normalized spacial score (nSPS) is 10.4. The number of benzene rings is 2. The van der Waals surface area contributed by atoms with Crippen LogP contribution in [0.4, 0.5) is 5.69 Å². The molecule has 2 aromatic rings. The molecular formula is C17H20N2O2. The van der Waals surface area contributed by atoms with Crippen molar-refractivity contribution in [2.75, 3.05) is 11.9 Å². The zero-order chi connectivity index (χ0) is 15.2. The molecule has 0 saturated carbocycles. The summed E-state index contributed by atoms with van der Waals surface area (Å²) in [4.78, 5) is 12.2. The Kier molecular flexibility index (Phi) is 4.95. The van der Waals surface area contributed by atoms with Crippen LogP contribution in [0.1, 0.15) is 28.4 Å². The van der Waals surface area contributed by atoms with E-state index in [-0.39, 0.29) is 11.7 Å². The van der Waals surface area contributed by atoms with Gasteiger partial charge in [0, 0.05) is 17.8 Å². The van der Waals surface area contributed by atoms with Gasteiger partial charge in [-0.15, -0.1) is 0 Å². The van der Waals surface area contributed by atoms with Crippen LogP contribution in [0.2, 0.25) is 0 Å². The smallest absolute Gasteiger partial charge is 0.255 e. The van der Waals surface area contributed by atoms with Crippen LogP contribution in [0.15, 0.2) is 42.5 Å². The van der Waals surface area contributed by atoms with Gasteiger partial charge < -0.3 is 15.7 Å². The van der Waals surface area contributed by atoms with Crippen molar-refractivity contribution in [1.82, 2.24) is 5.32 Å². The number of amides is 1. The molecule has 0 fully saturated rings. The van der Waals surface area contributed by atoms with Gasteiger partial charge in [0.1, 0.15) is 5.75 Å². The summed E-state index contributed by atoms with van der Waals surface area (Å²) < 4.78 is 0. The van der Waals surface area contributed by atoms with E-state index >= 15 is 0 Å². The highest BCUT2D eigenvalue weighted by atomic mass is 16.3. The minimum Gasteiger partial charge on any atom is -0.508 e. The third-order valence-electron chi connectivity index (χ3n) is 3.25. The number of hydrogen-bond acceptors (Lipinski definition) is 3. The van der Waals surface area contributed by atoms with Crippen molar-refractivity contribution in [2.45, 2.75) is 20.4 Å². The predicted molar refractivity (Wildman–Crippen MR) is 84.6 cm³/mol. The van der Waals surface area contributed by atoms with Crippen molar-refractivity contribution in [2.24, 2.45) is 0 Å². The Labute approximate surface area is 124 Å². The molecule has 0 radical (unpaired) electrons. The van der Waals surface area contributed by atoms with E-state index in [1.807, 2.05) is 24.3 Å². The molecule has 0 bridgehead atoms. The number of hydrogen-bond donors (Lipinski definition) is 3. The lowest BCUT2D eigenvalue weighted by atomic mass is 10.1. The summed E-state index contributed by atoms with van der Waals surface area (Å²) in [5.41, 5.74) is 3.24. The SMILES string of the molecule is CCNCc1ccc(NC(=O)c2ccc(O)cc2C)cc1. The Morgan fingerprint density at radius 2 is 1.86 bits per heavy atom. The Bertz CT molecular complexity index is 621. The fourth-order valence-electron chi connectivity index (χ4n) is 2.08. The van der Waals surface area contributed by atoms with Crippen LogP contribution < -0.4 is 10.6 Å². The maximum absolute atomic E-state index is 12.2. The molecule has 0 spiro atoms. The van der Waals surface area contributed by atoms with Gasteiger partial charge in [-0.1, -0.05) is 19.1 Å². The molecule has 0 aromatic heterocycles. The lowest BCUT2D eigenvalue weighted by Gasteiger charge is -2.09. The molecule has 0 unspecified atom stereocenters. The number of phenols is 1. The second-order valence-electron chi connectivity index (χ2n) is 4.93. The molecule has 21 heavy (non-hydrogen) atoms. The minimum absolute atomic E-state index is 0.164. The van der Waals surface area contributed by atoms with E-state index in [0.717, 1.165) is 24.3 Å². The first-order valence-electron chi connectivity index (χ1n) is 7.00. The number of phenolic OH excluding ortho intramolecular Hbond substituents is 1. The molecule has 110 valence electrons. The maximum Gasteiger partial charge on any atom is 0.255 e. The van der Waals surface area contributed by atoms with E-state index < -0.39 is 0 Å². The highest BCUT2D eigenvalue weighted by Gasteiger charge is 2.09. The molecule has 1 amide bonds. The molecule has 0 heterocycles. The fourth-order valence-corrected chi connectivity index (χ4v) is 2.08. The second kappa shape index (κ2) is 6.90. The lowest BCUT2D eigenvalue weighted by Crippen LogP contribution is -2.14. The van der Waals surface area contributed by atoms with E-state index in [2.05, 4.69) is 17.6 Å². The van der Waals surface area contributed by atoms with Gasteiger partial charge in [0.25, 0.3) is 5.91 Å².